The predicted octanol–water partition coefficient (Wildman–Crippen LogP) is 1.84. The monoisotopic (exact) mass is 296 g/mol. The lowest BCUT2D eigenvalue weighted by molar-refractivity contribution is -0.120. The summed E-state index contributed by atoms with van der Waals surface area (Å²) in [5, 5.41) is 8.70. The van der Waals surface area contributed by atoms with Gasteiger partial charge in [0, 0.05) is 6.54 Å². The van der Waals surface area contributed by atoms with E-state index in [9.17, 15) is 9.59 Å². The van der Waals surface area contributed by atoms with Gasteiger partial charge in [0.2, 0.25) is 5.91 Å². The molecule has 3 N–H and O–H groups in total. The zero-order valence-corrected chi connectivity index (χ0v) is 12.5. The Kier molecular flexibility index (Phi) is 7.49. The highest BCUT2D eigenvalue weighted by atomic mass is 32.2. The summed E-state index contributed by atoms with van der Waals surface area (Å²) < 4.78 is 0. The van der Waals surface area contributed by atoms with Gasteiger partial charge in [-0.25, -0.2) is 9.78 Å². The molecule has 1 rings (SSSR count). The van der Waals surface area contributed by atoms with Crippen LogP contribution in [0.4, 0.5) is 10.5 Å². The minimum atomic E-state index is -0.422. The molecule has 7 heteroatoms. The maximum absolute atomic E-state index is 11.6. The number of anilines is 1. The molecule has 0 spiro atoms. The SMILES string of the molecule is CCCNC(=O)CNC(=O)Nc1ccc(SCC)nc1. The Morgan fingerprint density at radius 2 is 2.05 bits per heavy atom. The number of carbonyl (C=O) groups excluding carboxylic acids is 2. The Balaban J connectivity index is 2.32. The summed E-state index contributed by atoms with van der Waals surface area (Å²) in [6.07, 6.45) is 2.46. The number of amides is 3. The van der Waals surface area contributed by atoms with Gasteiger partial charge in [0.15, 0.2) is 0 Å². The first kappa shape index (κ1) is 16.3. The van der Waals surface area contributed by atoms with Gasteiger partial charge in [0.1, 0.15) is 0 Å². The van der Waals surface area contributed by atoms with Crippen molar-refractivity contribution in [3.05, 3.63) is 18.3 Å². The van der Waals surface area contributed by atoms with E-state index in [4.69, 9.17) is 0 Å². The van der Waals surface area contributed by atoms with Crippen LogP contribution in [0.3, 0.4) is 0 Å². The summed E-state index contributed by atoms with van der Waals surface area (Å²) in [6, 6.07) is 3.20. The molecule has 3 amide bonds. The van der Waals surface area contributed by atoms with Crippen molar-refractivity contribution in [1.29, 1.82) is 0 Å². The fourth-order valence-electron chi connectivity index (χ4n) is 1.35. The molecule has 0 saturated heterocycles. The molecule has 0 aliphatic rings. The molecule has 0 saturated carbocycles. The summed E-state index contributed by atoms with van der Waals surface area (Å²) in [4.78, 5) is 27.1. The second-order valence-electron chi connectivity index (χ2n) is 3.98. The van der Waals surface area contributed by atoms with E-state index in [2.05, 4.69) is 27.9 Å². The first-order chi connectivity index (χ1) is 9.65. The van der Waals surface area contributed by atoms with E-state index in [0.29, 0.717) is 12.2 Å². The van der Waals surface area contributed by atoms with E-state index in [1.54, 1.807) is 24.0 Å². The minimum absolute atomic E-state index is 0.0387. The van der Waals surface area contributed by atoms with E-state index >= 15 is 0 Å². The Bertz CT molecular complexity index is 437. The molecule has 0 aliphatic heterocycles. The fraction of sp³-hybridized carbons (Fsp3) is 0.462. The molecular weight excluding hydrogens is 276 g/mol. The lowest BCUT2D eigenvalue weighted by Crippen LogP contribution is -2.39. The van der Waals surface area contributed by atoms with Crippen molar-refractivity contribution in [3.63, 3.8) is 0 Å². The first-order valence-corrected chi connectivity index (χ1v) is 7.54. The maximum Gasteiger partial charge on any atom is 0.319 e. The van der Waals surface area contributed by atoms with Crippen LogP contribution in [0.15, 0.2) is 23.4 Å². The lowest BCUT2D eigenvalue weighted by Gasteiger charge is -2.08. The van der Waals surface area contributed by atoms with E-state index in [1.807, 2.05) is 13.0 Å². The van der Waals surface area contributed by atoms with Crippen LogP contribution >= 0.6 is 11.8 Å². The van der Waals surface area contributed by atoms with Crippen molar-refractivity contribution in [1.82, 2.24) is 15.6 Å². The maximum atomic E-state index is 11.6. The quantitative estimate of drug-likeness (QED) is 0.670. The summed E-state index contributed by atoms with van der Waals surface area (Å²) in [5.74, 6) is 0.752. The van der Waals surface area contributed by atoms with Crippen LogP contribution in [0, 0.1) is 0 Å². The second-order valence-corrected chi connectivity index (χ2v) is 5.26. The fourth-order valence-corrected chi connectivity index (χ4v) is 1.94. The molecule has 110 valence electrons. The van der Waals surface area contributed by atoms with Gasteiger partial charge in [0.05, 0.1) is 23.5 Å². The van der Waals surface area contributed by atoms with Crippen molar-refractivity contribution < 1.29 is 9.59 Å². The van der Waals surface area contributed by atoms with Crippen LogP contribution in [0.5, 0.6) is 0 Å². The van der Waals surface area contributed by atoms with E-state index in [1.165, 1.54) is 0 Å². The highest BCUT2D eigenvalue weighted by molar-refractivity contribution is 7.99. The highest BCUT2D eigenvalue weighted by Crippen LogP contribution is 2.16. The third-order valence-corrected chi connectivity index (χ3v) is 3.09. The Morgan fingerprint density at radius 3 is 2.65 bits per heavy atom. The van der Waals surface area contributed by atoms with Crippen LogP contribution < -0.4 is 16.0 Å². The van der Waals surface area contributed by atoms with Crippen LogP contribution in [0.25, 0.3) is 0 Å². The van der Waals surface area contributed by atoms with Gasteiger partial charge in [-0.05, 0) is 24.3 Å². The van der Waals surface area contributed by atoms with Crippen LogP contribution in [-0.4, -0.2) is 35.8 Å². The number of pyridine rings is 1. The number of hydrogen-bond acceptors (Lipinski definition) is 4. The third-order valence-electron chi connectivity index (χ3n) is 2.27. The average Bonchev–Trinajstić information content (AvgIpc) is 2.45. The normalized spacial score (nSPS) is 9.90. The Hall–Kier alpha value is -1.76. The number of thioether (sulfide) groups is 1. The van der Waals surface area contributed by atoms with Gasteiger partial charge in [0.25, 0.3) is 0 Å². The van der Waals surface area contributed by atoms with Gasteiger partial charge >= 0.3 is 6.03 Å². The van der Waals surface area contributed by atoms with E-state index < -0.39 is 6.03 Å². The van der Waals surface area contributed by atoms with Crippen molar-refractivity contribution in [2.45, 2.75) is 25.3 Å². The molecule has 6 nitrogen and oxygen atoms in total. The number of nitrogens with zero attached hydrogens (tertiary/aromatic N) is 1. The summed E-state index contributed by atoms with van der Waals surface area (Å²) in [6.45, 7) is 4.59. The van der Waals surface area contributed by atoms with Gasteiger partial charge in [-0.2, -0.15) is 0 Å². The van der Waals surface area contributed by atoms with Crippen molar-refractivity contribution >= 4 is 29.4 Å². The standard InChI is InChI=1S/C13H20N4O2S/c1-3-7-14-11(18)9-16-13(19)17-10-5-6-12(15-8-10)20-4-2/h5-6,8H,3-4,7,9H2,1-2H3,(H,14,18)(H2,16,17,19). The summed E-state index contributed by atoms with van der Waals surface area (Å²) in [7, 11) is 0. The molecule has 0 bridgehead atoms. The van der Waals surface area contributed by atoms with Gasteiger partial charge in [-0.1, -0.05) is 13.8 Å². The Labute approximate surface area is 123 Å². The minimum Gasteiger partial charge on any atom is -0.355 e. The molecule has 1 aromatic rings. The lowest BCUT2D eigenvalue weighted by atomic mass is 10.4. The molecule has 0 aliphatic carbocycles. The first-order valence-electron chi connectivity index (χ1n) is 6.56. The average molecular weight is 296 g/mol. The largest absolute Gasteiger partial charge is 0.355 e. The number of rotatable bonds is 7. The van der Waals surface area contributed by atoms with Crippen molar-refractivity contribution in [3.8, 4) is 0 Å². The van der Waals surface area contributed by atoms with Gasteiger partial charge < -0.3 is 16.0 Å². The van der Waals surface area contributed by atoms with E-state index in [-0.39, 0.29) is 12.5 Å². The number of carbonyl (C=O) groups is 2. The molecule has 1 heterocycles. The van der Waals surface area contributed by atoms with Gasteiger partial charge in [-0.3, -0.25) is 4.79 Å². The molecule has 0 unspecified atom stereocenters. The smallest absolute Gasteiger partial charge is 0.319 e. The topological polar surface area (TPSA) is 83.1 Å². The number of aromatic nitrogens is 1. The molecule has 0 fully saturated rings. The Morgan fingerprint density at radius 1 is 1.25 bits per heavy atom. The van der Waals surface area contributed by atoms with Gasteiger partial charge in [-0.15, -0.1) is 11.8 Å². The van der Waals surface area contributed by atoms with Crippen LogP contribution in [-0.2, 0) is 4.79 Å². The van der Waals surface area contributed by atoms with Crippen molar-refractivity contribution in [2.75, 3.05) is 24.2 Å². The predicted molar refractivity (Wildman–Crippen MR) is 81.0 cm³/mol. The number of urea groups is 1. The molecular formula is C13H20N4O2S. The molecule has 1 aromatic heterocycles. The van der Waals surface area contributed by atoms with Crippen LogP contribution in [0.2, 0.25) is 0 Å². The number of hydrogen-bond donors (Lipinski definition) is 3. The molecule has 0 aromatic carbocycles. The zero-order valence-electron chi connectivity index (χ0n) is 11.7. The highest BCUT2D eigenvalue weighted by Gasteiger charge is 2.05. The molecule has 20 heavy (non-hydrogen) atoms. The van der Waals surface area contributed by atoms with Crippen LogP contribution in [0.1, 0.15) is 20.3 Å². The number of nitrogens with one attached hydrogen (secondary N) is 3. The summed E-state index contributed by atoms with van der Waals surface area (Å²) >= 11 is 1.63. The molecule has 0 radical (unpaired) electrons. The third kappa shape index (κ3) is 6.42. The van der Waals surface area contributed by atoms with E-state index in [0.717, 1.165) is 17.2 Å². The van der Waals surface area contributed by atoms with Crippen molar-refractivity contribution in [2.24, 2.45) is 0 Å². The second kappa shape index (κ2) is 9.19. The molecule has 0 atom stereocenters. The summed E-state index contributed by atoms with van der Waals surface area (Å²) in [5.41, 5.74) is 0.594. The zero-order chi connectivity index (χ0) is 14.8.